The van der Waals surface area contributed by atoms with Gasteiger partial charge in [0.2, 0.25) is 0 Å². The fraction of sp³-hybridized carbons (Fsp3) is 0.692. The van der Waals surface area contributed by atoms with Crippen LogP contribution < -0.4 is 0 Å². The van der Waals surface area contributed by atoms with Crippen LogP contribution in [0, 0.1) is 17.8 Å². The quantitative estimate of drug-likeness (QED) is 0.391. The summed E-state index contributed by atoms with van der Waals surface area (Å²) in [7, 11) is 0. The first-order chi connectivity index (χ1) is 15.1. The first-order valence-corrected chi connectivity index (χ1v) is 12.7. The topological polar surface area (TPSA) is 48.2 Å². The monoisotopic (exact) mass is 445 g/mol. The average Bonchev–Trinajstić information content (AvgIpc) is 3.46. The molecular weight excluding hydrogens is 406 g/mol. The zero-order valence-corrected chi connectivity index (χ0v) is 20.0. The first-order valence-electron chi connectivity index (χ1n) is 12.3. The van der Waals surface area contributed by atoms with Gasteiger partial charge in [0.15, 0.2) is 0 Å². The maximum absolute atomic E-state index is 9.34. The van der Waals surface area contributed by atoms with Gasteiger partial charge in [-0.05, 0) is 74.9 Å². The second kappa shape index (κ2) is 12.7. The van der Waals surface area contributed by atoms with Crippen LogP contribution in [-0.4, -0.2) is 55.2 Å². The largest absolute Gasteiger partial charge is 0.395 e. The fourth-order valence-electron chi connectivity index (χ4n) is 5.49. The molecule has 0 spiro atoms. The number of nitrogens with zero attached hydrogens (tertiary/aromatic N) is 3. The lowest BCUT2D eigenvalue weighted by molar-refractivity contribution is 0.169. The number of likely N-dealkylation sites (N-methyl/N-ethyl adjacent to an activating group) is 1. The van der Waals surface area contributed by atoms with Crippen molar-refractivity contribution in [3.63, 3.8) is 0 Å². The highest BCUT2D eigenvalue weighted by molar-refractivity contribution is 6.31. The van der Waals surface area contributed by atoms with Crippen molar-refractivity contribution in [3.8, 4) is 0 Å². The number of rotatable bonds is 12. The summed E-state index contributed by atoms with van der Waals surface area (Å²) in [6, 6.07) is 5.93. The van der Waals surface area contributed by atoms with Crippen LogP contribution in [0.25, 0.3) is 0 Å². The van der Waals surface area contributed by atoms with Crippen molar-refractivity contribution >= 4 is 29.7 Å². The van der Waals surface area contributed by atoms with Crippen LogP contribution in [0.3, 0.4) is 0 Å². The molecule has 1 aromatic rings. The Balaban J connectivity index is 1.73. The molecule has 2 unspecified atom stereocenters. The lowest BCUT2D eigenvalue weighted by Gasteiger charge is -2.26. The standard InChI is InChI=1S/C26H40ClN3O/c1-3-30(15-16-31)19-22-10-6-9-21(22)18-29-25(14-11-20-7-4-5-8-20)24-13-12-23(27)17-26(24)28-2/h12-13,17,20-22,31H,2-11,14-16,18-19H2,1H3. The Kier molecular flexibility index (Phi) is 10.0. The van der Waals surface area contributed by atoms with Gasteiger partial charge in [0.1, 0.15) is 0 Å². The molecule has 2 saturated carbocycles. The van der Waals surface area contributed by atoms with E-state index in [4.69, 9.17) is 16.6 Å². The lowest BCUT2D eigenvalue weighted by atomic mass is 9.94. The van der Waals surface area contributed by atoms with Gasteiger partial charge in [0.05, 0.1) is 12.3 Å². The third-order valence-corrected chi connectivity index (χ3v) is 7.63. The summed E-state index contributed by atoms with van der Waals surface area (Å²) in [5, 5.41) is 10.0. The number of aliphatic hydroxyl groups excluding tert-OH is 1. The van der Waals surface area contributed by atoms with Crippen LogP contribution >= 0.6 is 11.6 Å². The number of aliphatic imine (C=N–C) groups is 2. The Bertz CT molecular complexity index is 729. The fourth-order valence-corrected chi connectivity index (χ4v) is 5.66. The number of hydrogen-bond acceptors (Lipinski definition) is 4. The molecule has 3 rings (SSSR count). The number of halogens is 1. The number of hydrogen-bond donors (Lipinski definition) is 1. The van der Waals surface area contributed by atoms with Crippen molar-refractivity contribution in [1.29, 1.82) is 0 Å². The molecule has 2 aliphatic carbocycles. The molecule has 4 nitrogen and oxygen atoms in total. The SMILES string of the molecule is C=Nc1cc(Cl)ccc1C(CCC1CCCC1)=NCC1CCCC1CN(CC)CCO. The second-order valence-electron chi connectivity index (χ2n) is 9.36. The molecule has 5 heteroatoms. The molecule has 1 aromatic carbocycles. The van der Waals surface area contributed by atoms with Gasteiger partial charge in [-0.3, -0.25) is 9.98 Å². The van der Waals surface area contributed by atoms with Crippen molar-refractivity contribution in [2.24, 2.45) is 27.7 Å². The van der Waals surface area contributed by atoms with E-state index in [0.29, 0.717) is 16.9 Å². The Hall–Kier alpha value is -1.23. The predicted molar refractivity (Wildman–Crippen MR) is 133 cm³/mol. The third-order valence-electron chi connectivity index (χ3n) is 7.39. The minimum absolute atomic E-state index is 0.239. The second-order valence-corrected chi connectivity index (χ2v) is 9.80. The average molecular weight is 446 g/mol. The summed E-state index contributed by atoms with van der Waals surface area (Å²) in [5.74, 6) is 2.14. The summed E-state index contributed by atoms with van der Waals surface area (Å²) in [5.41, 5.74) is 3.13. The molecule has 0 aromatic heterocycles. The van der Waals surface area contributed by atoms with E-state index in [1.165, 1.54) is 57.1 Å². The van der Waals surface area contributed by atoms with E-state index >= 15 is 0 Å². The zero-order chi connectivity index (χ0) is 22.1. The highest BCUT2D eigenvalue weighted by atomic mass is 35.5. The molecule has 0 heterocycles. The van der Waals surface area contributed by atoms with Gasteiger partial charge < -0.3 is 10.0 Å². The van der Waals surface area contributed by atoms with Gasteiger partial charge in [-0.15, -0.1) is 0 Å². The van der Waals surface area contributed by atoms with Crippen LogP contribution in [0.1, 0.15) is 70.3 Å². The summed E-state index contributed by atoms with van der Waals surface area (Å²) < 4.78 is 0. The minimum atomic E-state index is 0.239. The van der Waals surface area contributed by atoms with E-state index in [1.54, 1.807) is 0 Å². The van der Waals surface area contributed by atoms with Gasteiger partial charge >= 0.3 is 0 Å². The van der Waals surface area contributed by atoms with Crippen LogP contribution in [0.4, 0.5) is 5.69 Å². The van der Waals surface area contributed by atoms with Crippen LogP contribution in [0.2, 0.25) is 5.02 Å². The number of aliphatic hydroxyl groups is 1. The Morgan fingerprint density at radius 1 is 1.16 bits per heavy atom. The number of benzene rings is 1. The van der Waals surface area contributed by atoms with E-state index in [0.717, 1.165) is 49.8 Å². The highest BCUT2D eigenvalue weighted by Gasteiger charge is 2.28. The molecule has 2 aliphatic rings. The van der Waals surface area contributed by atoms with Gasteiger partial charge in [0.25, 0.3) is 0 Å². The van der Waals surface area contributed by atoms with Crippen LogP contribution in [0.5, 0.6) is 0 Å². The lowest BCUT2D eigenvalue weighted by Crippen LogP contribution is -2.33. The van der Waals surface area contributed by atoms with Gasteiger partial charge in [-0.2, -0.15) is 0 Å². The van der Waals surface area contributed by atoms with E-state index < -0.39 is 0 Å². The zero-order valence-electron chi connectivity index (χ0n) is 19.2. The first kappa shape index (κ1) is 24.4. The molecule has 172 valence electrons. The molecule has 2 atom stereocenters. The van der Waals surface area contributed by atoms with Crippen molar-refractivity contribution in [1.82, 2.24) is 4.90 Å². The van der Waals surface area contributed by atoms with Crippen LogP contribution in [0.15, 0.2) is 28.2 Å². The van der Waals surface area contributed by atoms with Crippen molar-refractivity contribution < 1.29 is 5.11 Å². The van der Waals surface area contributed by atoms with E-state index in [2.05, 4.69) is 29.6 Å². The smallest absolute Gasteiger partial charge is 0.0727 e. The normalized spacial score (nSPS) is 22.5. The van der Waals surface area contributed by atoms with E-state index in [9.17, 15) is 5.11 Å². The molecule has 2 fully saturated rings. The van der Waals surface area contributed by atoms with E-state index in [1.807, 2.05) is 12.1 Å². The van der Waals surface area contributed by atoms with Gasteiger partial charge in [-0.1, -0.05) is 50.6 Å². The summed E-state index contributed by atoms with van der Waals surface area (Å²) in [6.07, 6.45) is 11.5. The molecule has 0 saturated heterocycles. The Morgan fingerprint density at radius 2 is 1.94 bits per heavy atom. The third kappa shape index (κ3) is 7.13. The molecule has 0 radical (unpaired) electrons. The maximum Gasteiger partial charge on any atom is 0.0727 e. The molecule has 0 bridgehead atoms. The molecule has 0 aliphatic heterocycles. The predicted octanol–water partition coefficient (Wildman–Crippen LogP) is 6.16. The van der Waals surface area contributed by atoms with E-state index in [-0.39, 0.29) is 6.61 Å². The molecular formula is C26H40ClN3O. The van der Waals surface area contributed by atoms with Crippen molar-refractivity contribution in [2.45, 2.75) is 64.7 Å². The Morgan fingerprint density at radius 3 is 2.65 bits per heavy atom. The Labute approximate surface area is 193 Å². The molecule has 0 amide bonds. The minimum Gasteiger partial charge on any atom is -0.395 e. The van der Waals surface area contributed by atoms with Crippen LogP contribution in [-0.2, 0) is 0 Å². The van der Waals surface area contributed by atoms with Gasteiger partial charge in [0, 0.05) is 35.9 Å². The molecule has 31 heavy (non-hydrogen) atoms. The van der Waals surface area contributed by atoms with Crippen molar-refractivity contribution in [3.05, 3.63) is 28.8 Å². The summed E-state index contributed by atoms with van der Waals surface area (Å²) in [6.45, 7) is 9.93. The maximum atomic E-state index is 9.34. The molecule has 1 N–H and O–H groups in total. The van der Waals surface area contributed by atoms with Crippen molar-refractivity contribution in [2.75, 3.05) is 32.8 Å². The summed E-state index contributed by atoms with van der Waals surface area (Å²) >= 11 is 6.22. The van der Waals surface area contributed by atoms with Gasteiger partial charge in [-0.25, -0.2) is 0 Å². The highest BCUT2D eigenvalue weighted by Crippen LogP contribution is 2.34. The summed E-state index contributed by atoms with van der Waals surface area (Å²) in [4.78, 5) is 11.9.